The van der Waals surface area contributed by atoms with E-state index in [1.165, 1.54) is 11.3 Å². The number of nitrogens with one attached hydrogen (secondary N) is 1. The Bertz CT molecular complexity index is 1190. The summed E-state index contributed by atoms with van der Waals surface area (Å²) in [6, 6.07) is 19.3. The number of pyridine rings is 1. The van der Waals surface area contributed by atoms with Crippen LogP contribution in [0, 0.1) is 0 Å². The standard InChI is InChI=1S/C27H31N5O/c1-31-12-14-32(15-13-31)23-7-3-20(4-8-23)22-17-25-26(19-30-27(25)29-18-22)21-5-9-24(10-6-21)33-16-2-11-28/h3-10,17-19H,2,11-16,28H2,1H3,(H,29,30). The lowest BCUT2D eigenvalue weighted by Gasteiger charge is -2.34. The van der Waals surface area contributed by atoms with Gasteiger partial charge in [-0.15, -0.1) is 0 Å². The summed E-state index contributed by atoms with van der Waals surface area (Å²) >= 11 is 0. The van der Waals surface area contributed by atoms with Crippen molar-refractivity contribution in [3.05, 3.63) is 67.0 Å². The normalized spacial score (nSPS) is 14.7. The molecule has 2 aromatic carbocycles. The van der Waals surface area contributed by atoms with Crippen LogP contribution in [0.15, 0.2) is 67.0 Å². The lowest BCUT2D eigenvalue weighted by Crippen LogP contribution is -2.44. The molecule has 0 atom stereocenters. The van der Waals surface area contributed by atoms with Gasteiger partial charge in [0.25, 0.3) is 0 Å². The second-order valence-corrected chi connectivity index (χ2v) is 8.67. The summed E-state index contributed by atoms with van der Waals surface area (Å²) in [6.07, 6.45) is 4.83. The van der Waals surface area contributed by atoms with E-state index in [0.29, 0.717) is 13.2 Å². The Hall–Kier alpha value is -3.35. The monoisotopic (exact) mass is 441 g/mol. The Balaban J connectivity index is 1.37. The zero-order chi connectivity index (χ0) is 22.6. The second kappa shape index (κ2) is 9.65. The molecule has 1 fully saturated rings. The molecule has 6 nitrogen and oxygen atoms in total. The minimum Gasteiger partial charge on any atom is -0.494 e. The molecule has 0 bridgehead atoms. The molecule has 4 aromatic rings. The van der Waals surface area contributed by atoms with Gasteiger partial charge in [0.1, 0.15) is 11.4 Å². The van der Waals surface area contributed by atoms with Crippen molar-refractivity contribution in [3.8, 4) is 28.0 Å². The van der Waals surface area contributed by atoms with E-state index in [9.17, 15) is 0 Å². The van der Waals surface area contributed by atoms with Crippen molar-refractivity contribution >= 4 is 16.7 Å². The first-order valence-electron chi connectivity index (χ1n) is 11.7. The molecular formula is C27H31N5O. The first-order chi connectivity index (χ1) is 16.2. The Morgan fingerprint density at radius 1 is 0.939 bits per heavy atom. The number of H-pyrrole nitrogens is 1. The van der Waals surface area contributed by atoms with Crippen LogP contribution in [0.3, 0.4) is 0 Å². The van der Waals surface area contributed by atoms with Gasteiger partial charge in [-0.3, -0.25) is 0 Å². The molecule has 3 heterocycles. The number of anilines is 1. The highest BCUT2D eigenvalue weighted by molar-refractivity contribution is 5.95. The predicted octanol–water partition coefficient (Wildman–Crippen LogP) is 4.38. The maximum Gasteiger partial charge on any atom is 0.137 e. The third-order valence-corrected chi connectivity index (χ3v) is 6.38. The Kier molecular flexibility index (Phi) is 6.28. The van der Waals surface area contributed by atoms with Crippen LogP contribution in [-0.2, 0) is 0 Å². The quantitative estimate of drug-likeness (QED) is 0.417. The third kappa shape index (κ3) is 4.72. The fourth-order valence-corrected chi connectivity index (χ4v) is 4.33. The number of piperazine rings is 1. The fourth-order valence-electron chi connectivity index (χ4n) is 4.33. The number of aromatic amines is 1. The second-order valence-electron chi connectivity index (χ2n) is 8.67. The Labute approximate surface area is 195 Å². The zero-order valence-electron chi connectivity index (χ0n) is 19.1. The molecule has 33 heavy (non-hydrogen) atoms. The van der Waals surface area contributed by atoms with Gasteiger partial charge in [-0.2, -0.15) is 0 Å². The van der Waals surface area contributed by atoms with Crippen LogP contribution < -0.4 is 15.4 Å². The number of nitrogens with two attached hydrogens (primary N) is 1. The van der Waals surface area contributed by atoms with E-state index in [1.807, 2.05) is 24.5 Å². The molecule has 0 radical (unpaired) electrons. The molecule has 170 valence electrons. The van der Waals surface area contributed by atoms with E-state index < -0.39 is 0 Å². The van der Waals surface area contributed by atoms with Crippen LogP contribution in [0.2, 0.25) is 0 Å². The molecule has 1 aliphatic rings. The lowest BCUT2D eigenvalue weighted by atomic mass is 10.0. The van der Waals surface area contributed by atoms with E-state index in [1.54, 1.807) is 0 Å². The van der Waals surface area contributed by atoms with E-state index in [2.05, 4.69) is 69.3 Å². The summed E-state index contributed by atoms with van der Waals surface area (Å²) in [4.78, 5) is 12.8. The Morgan fingerprint density at radius 3 is 2.39 bits per heavy atom. The highest BCUT2D eigenvalue weighted by Gasteiger charge is 2.14. The van der Waals surface area contributed by atoms with Gasteiger partial charge in [0.05, 0.1) is 6.61 Å². The molecule has 0 amide bonds. The first kappa shape index (κ1) is 21.5. The number of benzene rings is 2. The number of ether oxygens (including phenoxy) is 1. The summed E-state index contributed by atoms with van der Waals surface area (Å²) in [7, 11) is 2.18. The van der Waals surface area contributed by atoms with Crippen LogP contribution in [0.25, 0.3) is 33.3 Å². The molecule has 0 unspecified atom stereocenters. The van der Waals surface area contributed by atoms with Gasteiger partial charge in [0, 0.05) is 60.8 Å². The van der Waals surface area contributed by atoms with E-state index in [4.69, 9.17) is 10.5 Å². The largest absolute Gasteiger partial charge is 0.494 e. The molecule has 2 aromatic heterocycles. The van der Waals surface area contributed by atoms with Gasteiger partial charge in [-0.05, 0) is 61.5 Å². The maximum atomic E-state index is 5.74. The average Bonchev–Trinajstić information content (AvgIpc) is 3.29. The summed E-state index contributed by atoms with van der Waals surface area (Å²) in [5.41, 5.74) is 12.3. The number of fused-ring (bicyclic) bond motifs is 1. The van der Waals surface area contributed by atoms with Gasteiger partial charge < -0.3 is 25.3 Å². The highest BCUT2D eigenvalue weighted by Crippen LogP contribution is 2.32. The number of nitrogens with zero attached hydrogens (tertiary/aromatic N) is 3. The summed E-state index contributed by atoms with van der Waals surface area (Å²) in [5.74, 6) is 0.867. The molecular weight excluding hydrogens is 410 g/mol. The van der Waals surface area contributed by atoms with Crippen LogP contribution in [-0.4, -0.2) is 61.2 Å². The number of aromatic nitrogens is 2. The topological polar surface area (TPSA) is 70.4 Å². The van der Waals surface area contributed by atoms with Crippen LogP contribution >= 0.6 is 0 Å². The van der Waals surface area contributed by atoms with Crippen molar-refractivity contribution in [2.24, 2.45) is 5.73 Å². The summed E-state index contributed by atoms with van der Waals surface area (Å²) < 4.78 is 5.74. The number of rotatable bonds is 7. The van der Waals surface area contributed by atoms with Crippen molar-refractivity contribution in [3.63, 3.8) is 0 Å². The number of hydrogen-bond donors (Lipinski definition) is 2. The predicted molar refractivity (Wildman–Crippen MR) is 136 cm³/mol. The first-order valence-corrected chi connectivity index (χ1v) is 11.7. The van der Waals surface area contributed by atoms with Gasteiger partial charge >= 0.3 is 0 Å². The van der Waals surface area contributed by atoms with Crippen LogP contribution in [0.5, 0.6) is 5.75 Å². The molecule has 0 aliphatic carbocycles. The third-order valence-electron chi connectivity index (χ3n) is 6.38. The lowest BCUT2D eigenvalue weighted by molar-refractivity contribution is 0.313. The van der Waals surface area contributed by atoms with E-state index in [-0.39, 0.29) is 0 Å². The minimum absolute atomic E-state index is 0.640. The highest BCUT2D eigenvalue weighted by atomic mass is 16.5. The molecule has 5 rings (SSSR count). The molecule has 0 spiro atoms. The SMILES string of the molecule is CN1CCN(c2ccc(-c3cnc4[nH]cc(-c5ccc(OCCCN)cc5)c4c3)cc2)CC1. The van der Waals surface area contributed by atoms with Gasteiger partial charge in [0.15, 0.2) is 0 Å². The average molecular weight is 442 g/mol. The maximum absolute atomic E-state index is 5.74. The summed E-state index contributed by atoms with van der Waals surface area (Å²) in [5, 5.41) is 1.12. The molecule has 1 saturated heterocycles. The molecule has 0 saturated carbocycles. The smallest absolute Gasteiger partial charge is 0.137 e. The fraction of sp³-hybridized carbons (Fsp3) is 0.296. The van der Waals surface area contributed by atoms with Crippen molar-refractivity contribution in [2.75, 3.05) is 51.3 Å². The van der Waals surface area contributed by atoms with Crippen LogP contribution in [0.4, 0.5) is 5.69 Å². The van der Waals surface area contributed by atoms with Crippen molar-refractivity contribution in [1.82, 2.24) is 14.9 Å². The number of likely N-dealkylation sites (N-methyl/N-ethyl adjacent to an activating group) is 1. The Morgan fingerprint density at radius 2 is 1.67 bits per heavy atom. The summed E-state index contributed by atoms with van der Waals surface area (Å²) in [6.45, 7) is 5.66. The van der Waals surface area contributed by atoms with Crippen molar-refractivity contribution in [1.29, 1.82) is 0 Å². The molecule has 1 aliphatic heterocycles. The van der Waals surface area contributed by atoms with E-state index >= 15 is 0 Å². The van der Waals surface area contributed by atoms with Crippen molar-refractivity contribution < 1.29 is 4.74 Å². The molecule has 6 heteroatoms. The number of hydrogen-bond acceptors (Lipinski definition) is 5. The van der Waals surface area contributed by atoms with Crippen LogP contribution in [0.1, 0.15) is 6.42 Å². The van der Waals surface area contributed by atoms with E-state index in [0.717, 1.165) is 66.1 Å². The minimum atomic E-state index is 0.640. The van der Waals surface area contributed by atoms with Gasteiger partial charge in [-0.1, -0.05) is 24.3 Å². The van der Waals surface area contributed by atoms with Gasteiger partial charge in [-0.25, -0.2) is 4.98 Å². The molecule has 3 N–H and O–H groups in total. The zero-order valence-corrected chi connectivity index (χ0v) is 19.1. The van der Waals surface area contributed by atoms with Crippen molar-refractivity contribution in [2.45, 2.75) is 6.42 Å². The van der Waals surface area contributed by atoms with Gasteiger partial charge in [0.2, 0.25) is 0 Å².